The van der Waals surface area contributed by atoms with Crippen molar-refractivity contribution in [2.45, 2.75) is 51.1 Å². The lowest BCUT2D eigenvalue weighted by atomic mass is 10.1. The topological polar surface area (TPSA) is 108 Å². The highest BCUT2D eigenvalue weighted by atomic mass is 16.5. The molecule has 1 aromatic carbocycles. The van der Waals surface area contributed by atoms with E-state index in [1.54, 1.807) is 24.2 Å². The van der Waals surface area contributed by atoms with Crippen molar-refractivity contribution in [3.8, 4) is 5.75 Å². The van der Waals surface area contributed by atoms with Crippen molar-refractivity contribution in [2.75, 3.05) is 29.3 Å². The highest BCUT2D eigenvalue weighted by molar-refractivity contribution is 5.97. The number of methoxy groups -OCH3 is 1. The summed E-state index contributed by atoms with van der Waals surface area (Å²) in [6, 6.07) is 4.96. The summed E-state index contributed by atoms with van der Waals surface area (Å²) in [5.74, 6) is 0.501. The fraction of sp³-hybridized carbons (Fsp3) is 0.455. The van der Waals surface area contributed by atoms with Crippen LogP contribution in [0, 0.1) is 0 Å². The van der Waals surface area contributed by atoms with Crippen LogP contribution in [-0.4, -0.2) is 53.2 Å². The largest absolute Gasteiger partial charge is 0.495 e. The molecule has 9 heteroatoms. The number of amides is 1. The van der Waals surface area contributed by atoms with Gasteiger partial charge in [0.15, 0.2) is 5.82 Å². The van der Waals surface area contributed by atoms with Gasteiger partial charge in [-0.05, 0) is 38.0 Å². The van der Waals surface area contributed by atoms with Crippen molar-refractivity contribution in [3.63, 3.8) is 0 Å². The molecule has 2 aliphatic rings. The maximum atomic E-state index is 12.7. The Bertz CT molecular complexity index is 1010. The van der Waals surface area contributed by atoms with Crippen LogP contribution in [0.4, 0.5) is 23.1 Å². The summed E-state index contributed by atoms with van der Waals surface area (Å²) < 4.78 is 5.35. The third kappa shape index (κ3) is 3.99. The van der Waals surface area contributed by atoms with Gasteiger partial charge in [-0.1, -0.05) is 12.8 Å². The van der Waals surface area contributed by atoms with Crippen LogP contribution in [0.1, 0.15) is 49.4 Å². The number of anilines is 4. The Morgan fingerprint density at radius 3 is 2.71 bits per heavy atom. The molecule has 164 valence electrons. The van der Waals surface area contributed by atoms with Gasteiger partial charge < -0.3 is 25.0 Å². The van der Waals surface area contributed by atoms with Gasteiger partial charge in [0.25, 0.3) is 0 Å². The second-order valence-electron chi connectivity index (χ2n) is 8.10. The van der Waals surface area contributed by atoms with E-state index in [2.05, 4.69) is 22.1 Å². The number of carboxylic acid groups (broad SMARTS) is 1. The molecular weight excluding hydrogens is 398 g/mol. The van der Waals surface area contributed by atoms with Crippen molar-refractivity contribution in [1.82, 2.24) is 9.97 Å². The van der Waals surface area contributed by atoms with Gasteiger partial charge in [-0.15, -0.1) is 0 Å². The molecule has 2 N–H and O–H groups in total. The number of nitrogens with one attached hydrogen (secondary N) is 1. The quantitative estimate of drug-likeness (QED) is 0.750. The van der Waals surface area contributed by atoms with E-state index in [1.165, 1.54) is 32.1 Å². The van der Waals surface area contributed by atoms with Gasteiger partial charge in [-0.25, -0.2) is 9.78 Å². The Morgan fingerprint density at radius 1 is 1.29 bits per heavy atom. The van der Waals surface area contributed by atoms with E-state index in [9.17, 15) is 14.7 Å². The average molecular weight is 425 g/mol. The van der Waals surface area contributed by atoms with E-state index in [-0.39, 0.29) is 17.5 Å². The summed E-state index contributed by atoms with van der Waals surface area (Å²) in [5, 5.41) is 12.4. The van der Waals surface area contributed by atoms with Crippen LogP contribution in [0.15, 0.2) is 24.4 Å². The average Bonchev–Trinajstić information content (AvgIpc) is 3.25. The van der Waals surface area contributed by atoms with Gasteiger partial charge in [0.05, 0.1) is 24.6 Å². The number of benzene rings is 1. The molecule has 4 rings (SSSR count). The van der Waals surface area contributed by atoms with Crippen molar-refractivity contribution in [1.29, 1.82) is 0 Å². The van der Waals surface area contributed by atoms with Crippen LogP contribution in [0.3, 0.4) is 0 Å². The second kappa shape index (κ2) is 8.41. The number of fused-ring (bicyclic) bond motifs is 1. The minimum Gasteiger partial charge on any atom is -0.495 e. The summed E-state index contributed by atoms with van der Waals surface area (Å²) >= 11 is 0. The maximum Gasteiger partial charge on any atom is 0.335 e. The van der Waals surface area contributed by atoms with E-state index in [1.807, 2.05) is 0 Å². The SMILES string of the molecule is COc1cc(C(=O)O)ccc1Nc1ncc2c(n1)N(C1CCCC1)C(C)CC(=O)N2C. The van der Waals surface area contributed by atoms with Gasteiger partial charge in [-0.3, -0.25) is 4.79 Å². The number of aromatic carboxylic acids is 1. The van der Waals surface area contributed by atoms with Crippen molar-refractivity contribution >= 4 is 35.0 Å². The van der Waals surface area contributed by atoms with Crippen molar-refractivity contribution < 1.29 is 19.4 Å². The third-order valence-electron chi connectivity index (χ3n) is 6.09. The lowest BCUT2D eigenvalue weighted by Gasteiger charge is -2.34. The molecule has 1 aliphatic carbocycles. The van der Waals surface area contributed by atoms with Crippen LogP contribution in [0.2, 0.25) is 0 Å². The molecule has 0 saturated heterocycles. The lowest BCUT2D eigenvalue weighted by Crippen LogP contribution is -2.41. The summed E-state index contributed by atoms with van der Waals surface area (Å²) in [4.78, 5) is 37.0. The number of hydrogen-bond acceptors (Lipinski definition) is 7. The highest BCUT2D eigenvalue weighted by Gasteiger charge is 2.35. The summed E-state index contributed by atoms with van der Waals surface area (Å²) in [7, 11) is 3.24. The number of ether oxygens (including phenoxy) is 1. The first-order valence-corrected chi connectivity index (χ1v) is 10.5. The van der Waals surface area contributed by atoms with Crippen molar-refractivity contribution in [3.05, 3.63) is 30.0 Å². The van der Waals surface area contributed by atoms with Crippen LogP contribution in [0.25, 0.3) is 0 Å². The molecular formula is C22H27N5O4. The molecule has 9 nitrogen and oxygen atoms in total. The molecule has 0 bridgehead atoms. The zero-order valence-electron chi connectivity index (χ0n) is 18.0. The normalized spacial score (nSPS) is 19.2. The first-order chi connectivity index (χ1) is 14.9. The standard InChI is InChI=1S/C22H27N5O4/c1-13-10-19(28)26(2)17-12-23-22(25-20(17)27(13)15-6-4-5-7-15)24-16-9-8-14(21(29)30)11-18(16)31-3/h8-9,11-13,15H,4-7,10H2,1-3H3,(H,29,30)(H,23,24,25). The molecule has 1 aliphatic heterocycles. The minimum absolute atomic E-state index is 0.0337. The molecule has 0 spiro atoms. The fourth-order valence-corrected chi connectivity index (χ4v) is 4.45. The van der Waals surface area contributed by atoms with Crippen LogP contribution in [-0.2, 0) is 4.79 Å². The second-order valence-corrected chi connectivity index (χ2v) is 8.10. The van der Waals surface area contributed by atoms with E-state index in [0.29, 0.717) is 35.5 Å². The molecule has 1 saturated carbocycles. The number of carbonyl (C=O) groups excluding carboxylic acids is 1. The zero-order valence-corrected chi connectivity index (χ0v) is 18.0. The summed E-state index contributed by atoms with van der Waals surface area (Å²) in [6.45, 7) is 2.07. The molecule has 0 radical (unpaired) electrons. The monoisotopic (exact) mass is 425 g/mol. The van der Waals surface area contributed by atoms with Crippen molar-refractivity contribution in [2.24, 2.45) is 0 Å². The lowest BCUT2D eigenvalue weighted by molar-refractivity contribution is -0.118. The Kier molecular flexibility index (Phi) is 5.67. The molecule has 2 heterocycles. The number of aromatic nitrogens is 2. The fourth-order valence-electron chi connectivity index (χ4n) is 4.45. The Morgan fingerprint density at radius 2 is 2.03 bits per heavy atom. The van der Waals surface area contributed by atoms with Gasteiger partial charge in [0.1, 0.15) is 11.4 Å². The maximum absolute atomic E-state index is 12.7. The molecule has 2 aromatic rings. The van der Waals surface area contributed by atoms with Crippen LogP contribution >= 0.6 is 0 Å². The Labute approximate surface area is 181 Å². The molecule has 31 heavy (non-hydrogen) atoms. The van der Waals surface area contributed by atoms with Gasteiger partial charge >= 0.3 is 5.97 Å². The van der Waals surface area contributed by atoms with Crippen LogP contribution in [0.5, 0.6) is 5.75 Å². The predicted octanol–water partition coefficient (Wildman–Crippen LogP) is 3.43. The Hall–Kier alpha value is -3.36. The predicted molar refractivity (Wildman–Crippen MR) is 117 cm³/mol. The summed E-state index contributed by atoms with van der Waals surface area (Å²) in [5.41, 5.74) is 1.39. The van der Waals surface area contributed by atoms with Gasteiger partial charge in [0.2, 0.25) is 11.9 Å². The third-order valence-corrected chi connectivity index (χ3v) is 6.09. The first-order valence-electron chi connectivity index (χ1n) is 10.5. The molecule has 1 unspecified atom stereocenters. The first kappa shape index (κ1) is 20.9. The molecule has 1 fully saturated rings. The molecule has 1 aromatic heterocycles. The Balaban J connectivity index is 1.73. The van der Waals surface area contributed by atoms with Crippen LogP contribution < -0.4 is 19.9 Å². The number of rotatable bonds is 5. The number of carbonyl (C=O) groups is 2. The van der Waals surface area contributed by atoms with Gasteiger partial charge in [0, 0.05) is 25.6 Å². The number of carboxylic acids is 1. The zero-order chi connectivity index (χ0) is 22.1. The minimum atomic E-state index is -1.03. The van der Waals surface area contributed by atoms with Gasteiger partial charge in [-0.2, -0.15) is 4.98 Å². The van der Waals surface area contributed by atoms with E-state index in [0.717, 1.165) is 18.7 Å². The molecule has 1 atom stereocenters. The van der Waals surface area contributed by atoms with E-state index < -0.39 is 5.97 Å². The molecule has 1 amide bonds. The summed E-state index contributed by atoms with van der Waals surface area (Å²) in [6.07, 6.45) is 6.61. The number of nitrogens with zero attached hydrogens (tertiary/aromatic N) is 4. The highest BCUT2D eigenvalue weighted by Crippen LogP contribution is 2.39. The van der Waals surface area contributed by atoms with E-state index in [4.69, 9.17) is 9.72 Å². The smallest absolute Gasteiger partial charge is 0.335 e. The van der Waals surface area contributed by atoms with E-state index >= 15 is 0 Å². The number of hydrogen-bond donors (Lipinski definition) is 2.